The van der Waals surface area contributed by atoms with Gasteiger partial charge in [-0.1, -0.05) is 54.6 Å². The summed E-state index contributed by atoms with van der Waals surface area (Å²) in [5.41, 5.74) is 2.66. The standard InChI is InChI=1S/C16H11N3O/c20-16(12-6-2-1-3-7-12)14-9-5-4-8-13(14)15-10-11-17-19-18-15/h1-11H. The van der Waals surface area contributed by atoms with E-state index in [4.69, 9.17) is 0 Å². The van der Waals surface area contributed by atoms with Crippen LogP contribution in [0.2, 0.25) is 0 Å². The molecule has 3 aromatic rings. The molecule has 2 aromatic carbocycles. The highest BCUT2D eigenvalue weighted by Gasteiger charge is 2.14. The van der Waals surface area contributed by atoms with E-state index in [2.05, 4.69) is 15.4 Å². The fraction of sp³-hybridized carbons (Fsp3) is 0. The van der Waals surface area contributed by atoms with Crippen molar-refractivity contribution in [3.63, 3.8) is 0 Å². The molecule has 0 amide bonds. The highest BCUT2D eigenvalue weighted by molar-refractivity contribution is 6.12. The van der Waals surface area contributed by atoms with Crippen LogP contribution in [0.4, 0.5) is 0 Å². The van der Waals surface area contributed by atoms with Gasteiger partial charge in [-0.25, -0.2) is 0 Å². The molecule has 0 aliphatic heterocycles. The fourth-order valence-electron chi connectivity index (χ4n) is 2.03. The van der Waals surface area contributed by atoms with Gasteiger partial charge in [0.1, 0.15) is 0 Å². The number of aromatic nitrogens is 3. The van der Waals surface area contributed by atoms with E-state index in [0.717, 1.165) is 5.56 Å². The van der Waals surface area contributed by atoms with Gasteiger partial charge >= 0.3 is 0 Å². The molecule has 0 radical (unpaired) electrons. The van der Waals surface area contributed by atoms with Gasteiger partial charge in [-0.3, -0.25) is 4.79 Å². The van der Waals surface area contributed by atoms with E-state index in [1.165, 1.54) is 0 Å². The van der Waals surface area contributed by atoms with E-state index >= 15 is 0 Å². The van der Waals surface area contributed by atoms with E-state index in [-0.39, 0.29) is 5.78 Å². The number of hydrogen-bond acceptors (Lipinski definition) is 4. The van der Waals surface area contributed by atoms with Gasteiger partial charge in [0.2, 0.25) is 0 Å². The second kappa shape index (κ2) is 5.40. The van der Waals surface area contributed by atoms with Crippen molar-refractivity contribution in [1.29, 1.82) is 0 Å². The van der Waals surface area contributed by atoms with Gasteiger partial charge < -0.3 is 0 Å². The number of carbonyl (C=O) groups is 1. The zero-order chi connectivity index (χ0) is 13.8. The summed E-state index contributed by atoms with van der Waals surface area (Å²) in [6, 6.07) is 18.3. The smallest absolute Gasteiger partial charge is 0.193 e. The van der Waals surface area contributed by atoms with Crippen molar-refractivity contribution < 1.29 is 4.79 Å². The van der Waals surface area contributed by atoms with Gasteiger partial charge in [-0.05, 0) is 11.3 Å². The van der Waals surface area contributed by atoms with Gasteiger partial charge in [0.15, 0.2) is 5.78 Å². The lowest BCUT2D eigenvalue weighted by molar-refractivity contribution is 0.103. The molecular formula is C16H11N3O. The van der Waals surface area contributed by atoms with Crippen LogP contribution in [0.1, 0.15) is 15.9 Å². The summed E-state index contributed by atoms with van der Waals surface area (Å²) in [5, 5.41) is 11.3. The molecule has 0 spiro atoms. The molecule has 4 heteroatoms. The van der Waals surface area contributed by atoms with Crippen molar-refractivity contribution in [3.8, 4) is 11.3 Å². The third-order valence-corrected chi connectivity index (χ3v) is 2.99. The molecule has 4 nitrogen and oxygen atoms in total. The predicted molar refractivity (Wildman–Crippen MR) is 75.1 cm³/mol. The molecule has 1 aromatic heterocycles. The summed E-state index contributed by atoms with van der Waals surface area (Å²) < 4.78 is 0. The van der Waals surface area contributed by atoms with Crippen LogP contribution in [-0.4, -0.2) is 21.2 Å². The van der Waals surface area contributed by atoms with Crippen molar-refractivity contribution in [2.45, 2.75) is 0 Å². The first-order valence-corrected chi connectivity index (χ1v) is 6.20. The predicted octanol–water partition coefficient (Wildman–Crippen LogP) is 2.77. The maximum Gasteiger partial charge on any atom is 0.193 e. The van der Waals surface area contributed by atoms with Crippen LogP contribution in [0.15, 0.2) is 66.9 Å². The summed E-state index contributed by atoms with van der Waals surface area (Å²) in [7, 11) is 0. The number of carbonyl (C=O) groups excluding carboxylic acids is 1. The highest BCUT2D eigenvalue weighted by atomic mass is 16.1. The molecule has 0 atom stereocenters. The molecule has 0 saturated heterocycles. The number of ketones is 1. The molecule has 0 unspecified atom stereocenters. The Kier molecular flexibility index (Phi) is 3.29. The maximum atomic E-state index is 12.6. The van der Waals surface area contributed by atoms with Crippen molar-refractivity contribution in [3.05, 3.63) is 78.0 Å². The Morgan fingerprint density at radius 1 is 0.850 bits per heavy atom. The average Bonchev–Trinajstić information content (AvgIpc) is 2.56. The van der Waals surface area contributed by atoms with E-state index in [1.54, 1.807) is 30.5 Å². The molecule has 0 fully saturated rings. The Morgan fingerprint density at radius 3 is 2.35 bits per heavy atom. The van der Waals surface area contributed by atoms with Gasteiger partial charge in [0.05, 0.1) is 11.9 Å². The Bertz CT molecular complexity index is 727. The zero-order valence-electron chi connectivity index (χ0n) is 10.6. The van der Waals surface area contributed by atoms with E-state index < -0.39 is 0 Å². The highest BCUT2D eigenvalue weighted by Crippen LogP contribution is 2.23. The normalized spacial score (nSPS) is 10.2. The van der Waals surface area contributed by atoms with Crippen molar-refractivity contribution >= 4 is 5.78 Å². The van der Waals surface area contributed by atoms with Crippen LogP contribution in [-0.2, 0) is 0 Å². The lowest BCUT2D eigenvalue weighted by Gasteiger charge is -2.07. The van der Waals surface area contributed by atoms with Gasteiger partial charge in [0, 0.05) is 16.7 Å². The van der Waals surface area contributed by atoms with Crippen molar-refractivity contribution in [1.82, 2.24) is 15.4 Å². The summed E-state index contributed by atoms with van der Waals surface area (Å²) in [6.45, 7) is 0. The molecule has 3 rings (SSSR count). The quantitative estimate of drug-likeness (QED) is 0.680. The fourth-order valence-corrected chi connectivity index (χ4v) is 2.03. The van der Waals surface area contributed by atoms with Crippen LogP contribution >= 0.6 is 0 Å². The maximum absolute atomic E-state index is 12.6. The van der Waals surface area contributed by atoms with Gasteiger partial charge in [-0.15, -0.1) is 10.2 Å². The summed E-state index contributed by atoms with van der Waals surface area (Å²) in [4.78, 5) is 12.6. The Hall–Kier alpha value is -2.88. The molecule has 0 N–H and O–H groups in total. The average molecular weight is 261 g/mol. The summed E-state index contributed by atoms with van der Waals surface area (Å²) >= 11 is 0. The van der Waals surface area contributed by atoms with Crippen LogP contribution in [0.25, 0.3) is 11.3 Å². The van der Waals surface area contributed by atoms with Crippen LogP contribution in [0, 0.1) is 0 Å². The summed E-state index contributed by atoms with van der Waals surface area (Å²) in [5.74, 6) is -0.0280. The molecule has 0 saturated carbocycles. The Balaban J connectivity index is 2.10. The van der Waals surface area contributed by atoms with Crippen molar-refractivity contribution in [2.75, 3.05) is 0 Å². The molecule has 0 aliphatic carbocycles. The van der Waals surface area contributed by atoms with E-state index in [1.807, 2.05) is 36.4 Å². The topological polar surface area (TPSA) is 55.7 Å². The second-order valence-electron chi connectivity index (χ2n) is 4.25. The molecular weight excluding hydrogens is 250 g/mol. The summed E-state index contributed by atoms with van der Waals surface area (Å²) in [6.07, 6.45) is 1.56. The minimum atomic E-state index is -0.0280. The first kappa shape index (κ1) is 12.2. The minimum absolute atomic E-state index is 0.0280. The van der Waals surface area contributed by atoms with Crippen LogP contribution in [0.3, 0.4) is 0 Å². The number of nitrogens with zero attached hydrogens (tertiary/aromatic N) is 3. The van der Waals surface area contributed by atoms with E-state index in [9.17, 15) is 4.79 Å². The minimum Gasteiger partial charge on any atom is -0.289 e. The second-order valence-corrected chi connectivity index (χ2v) is 4.25. The first-order chi connectivity index (χ1) is 9.86. The lowest BCUT2D eigenvalue weighted by atomic mass is 9.97. The molecule has 20 heavy (non-hydrogen) atoms. The SMILES string of the molecule is O=C(c1ccccc1)c1ccccc1-c1ccnnn1. The zero-order valence-corrected chi connectivity index (χ0v) is 10.6. The van der Waals surface area contributed by atoms with Crippen LogP contribution in [0.5, 0.6) is 0 Å². The monoisotopic (exact) mass is 261 g/mol. The molecule has 1 heterocycles. The molecule has 0 aliphatic rings. The van der Waals surface area contributed by atoms with Crippen LogP contribution < -0.4 is 0 Å². The molecule has 0 bridgehead atoms. The lowest BCUT2D eigenvalue weighted by Crippen LogP contribution is -2.04. The third-order valence-electron chi connectivity index (χ3n) is 2.99. The van der Waals surface area contributed by atoms with Gasteiger partial charge in [0.25, 0.3) is 0 Å². The Morgan fingerprint density at radius 2 is 1.60 bits per heavy atom. The third kappa shape index (κ3) is 2.31. The molecule has 96 valence electrons. The number of hydrogen-bond donors (Lipinski definition) is 0. The largest absolute Gasteiger partial charge is 0.289 e. The number of rotatable bonds is 3. The Labute approximate surface area is 116 Å². The van der Waals surface area contributed by atoms with Crippen molar-refractivity contribution in [2.24, 2.45) is 0 Å². The van der Waals surface area contributed by atoms with E-state index in [0.29, 0.717) is 16.8 Å². The van der Waals surface area contributed by atoms with Gasteiger partial charge in [-0.2, -0.15) is 0 Å². The number of benzene rings is 2. The first-order valence-electron chi connectivity index (χ1n) is 6.20.